The van der Waals surface area contributed by atoms with Crippen molar-refractivity contribution in [2.75, 3.05) is 37.6 Å². The molecular formula is C18H23N5O. The van der Waals surface area contributed by atoms with E-state index >= 15 is 0 Å². The standard InChI is InChI=1S/C18H23N5O/c1-2-22-8-10-23(11-9-22)16-5-6-17(20-14-16)18(24)21-13-15-4-3-7-19-12-15/h3-7,12,14H,2,8-11,13H2,1H3,(H,21,24). The molecule has 1 aliphatic rings. The SMILES string of the molecule is CCN1CCN(c2ccc(C(=O)NCc3cccnc3)nc2)CC1. The zero-order valence-electron chi connectivity index (χ0n) is 14.0. The van der Waals surface area contributed by atoms with Gasteiger partial charge in [0.25, 0.3) is 5.91 Å². The van der Waals surface area contributed by atoms with Gasteiger partial charge in [-0.3, -0.25) is 9.78 Å². The Morgan fingerprint density at radius 2 is 2.00 bits per heavy atom. The van der Waals surface area contributed by atoms with Gasteiger partial charge in [0, 0.05) is 45.1 Å². The average Bonchev–Trinajstić information content (AvgIpc) is 2.67. The number of rotatable bonds is 5. The van der Waals surface area contributed by atoms with Crippen LogP contribution in [0.4, 0.5) is 5.69 Å². The van der Waals surface area contributed by atoms with Gasteiger partial charge in [0.2, 0.25) is 0 Å². The van der Waals surface area contributed by atoms with Crippen LogP contribution in [0.25, 0.3) is 0 Å². The highest BCUT2D eigenvalue weighted by Gasteiger charge is 2.16. The molecule has 126 valence electrons. The molecule has 3 rings (SSSR count). The van der Waals surface area contributed by atoms with Crippen molar-refractivity contribution in [2.45, 2.75) is 13.5 Å². The molecule has 1 N–H and O–H groups in total. The molecular weight excluding hydrogens is 302 g/mol. The number of hydrogen-bond acceptors (Lipinski definition) is 5. The number of hydrogen-bond donors (Lipinski definition) is 1. The summed E-state index contributed by atoms with van der Waals surface area (Å²) in [4.78, 5) is 25.3. The van der Waals surface area contributed by atoms with E-state index in [1.54, 1.807) is 24.7 Å². The highest BCUT2D eigenvalue weighted by molar-refractivity contribution is 5.92. The fourth-order valence-electron chi connectivity index (χ4n) is 2.81. The Kier molecular flexibility index (Phi) is 5.38. The maximum Gasteiger partial charge on any atom is 0.270 e. The third-order valence-corrected chi connectivity index (χ3v) is 4.34. The molecule has 0 atom stereocenters. The van der Waals surface area contributed by atoms with E-state index in [9.17, 15) is 4.79 Å². The monoisotopic (exact) mass is 325 g/mol. The summed E-state index contributed by atoms with van der Waals surface area (Å²) < 4.78 is 0. The molecule has 6 heteroatoms. The first kappa shape index (κ1) is 16.4. The fraction of sp³-hybridized carbons (Fsp3) is 0.389. The number of piperazine rings is 1. The first-order chi connectivity index (χ1) is 11.8. The quantitative estimate of drug-likeness (QED) is 0.904. The van der Waals surface area contributed by atoms with Gasteiger partial charge >= 0.3 is 0 Å². The second-order valence-corrected chi connectivity index (χ2v) is 5.87. The molecule has 0 bridgehead atoms. The Bertz CT molecular complexity index is 651. The molecule has 2 aromatic heterocycles. The largest absolute Gasteiger partial charge is 0.368 e. The van der Waals surface area contributed by atoms with Crippen molar-refractivity contribution in [3.63, 3.8) is 0 Å². The van der Waals surface area contributed by atoms with Crippen LogP contribution >= 0.6 is 0 Å². The number of likely N-dealkylation sites (N-methyl/N-ethyl adjacent to an activating group) is 1. The Balaban J connectivity index is 1.55. The van der Waals surface area contributed by atoms with Crippen LogP contribution in [-0.4, -0.2) is 53.5 Å². The summed E-state index contributed by atoms with van der Waals surface area (Å²) in [6.45, 7) is 7.89. The van der Waals surface area contributed by atoms with Crippen LogP contribution in [0, 0.1) is 0 Å². The Labute approximate surface area is 142 Å². The van der Waals surface area contributed by atoms with Crippen LogP contribution < -0.4 is 10.2 Å². The van der Waals surface area contributed by atoms with Crippen molar-refractivity contribution < 1.29 is 4.79 Å². The molecule has 1 fully saturated rings. The van der Waals surface area contributed by atoms with Gasteiger partial charge in [-0.25, -0.2) is 4.98 Å². The fourth-order valence-corrected chi connectivity index (χ4v) is 2.81. The van der Waals surface area contributed by atoms with Gasteiger partial charge < -0.3 is 15.1 Å². The molecule has 1 aliphatic heterocycles. The molecule has 0 spiro atoms. The Hall–Kier alpha value is -2.47. The zero-order chi connectivity index (χ0) is 16.8. The minimum absolute atomic E-state index is 0.166. The lowest BCUT2D eigenvalue weighted by atomic mass is 10.2. The van der Waals surface area contributed by atoms with Crippen LogP contribution in [0.5, 0.6) is 0 Å². The summed E-state index contributed by atoms with van der Waals surface area (Å²) in [5.41, 5.74) is 2.49. The van der Waals surface area contributed by atoms with Gasteiger partial charge in [0.15, 0.2) is 0 Å². The maximum atomic E-state index is 12.2. The molecule has 0 unspecified atom stereocenters. The topological polar surface area (TPSA) is 61.4 Å². The van der Waals surface area contributed by atoms with E-state index < -0.39 is 0 Å². The first-order valence-electron chi connectivity index (χ1n) is 8.36. The van der Waals surface area contributed by atoms with E-state index in [1.165, 1.54) is 0 Å². The maximum absolute atomic E-state index is 12.2. The molecule has 0 radical (unpaired) electrons. The van der Waals surface area contributed by atoms with E-state index in [4.69, 9.17) is 0 Å². The lowest BCUT2D eigenvalue weighted by Crippen LogP contribution is -2.46. The van der Waals surface area contributed by atoms with E-state index in [0.717, 1.165) is 44.0 Å². The second kappa shape index (κ2) is 7.88. The number of nitrogens with one attached hydrogen (secondary N) is 1. The zero-order valence-corrected chi connectivity index (χ0v) is 14.0. The van der Waals surface area contributed by atoms with E-state index in [0.29, 0.717) is 12.2 Å². The Morgan fingerprint density at radius 3 is 2.62 bits per heavy atom. The van der Waals surface area contributed by atoms with Crippen LogP contribution in [0.1, 0.15) is 23.0 Å². The number of pyridine rings is 2. The van der Waals surface area contributed by atoms with Crippen molar-refractivity contribution in [3.8, 4) is 0 Å². The van der Waals surface area contributed by atoms with Gasteiger partial charge in [-0.05, 0) is 30.3 Å². The summed E-state index contributed by atoms with van der Waals surface area (Å²) >= 11 is 0. The molecule has 0 aromatic carbocycles. The highest BCUT2D eigenvalue weighted by atomic mass is 16.1. The predicted molar refractivity (Wildman–Crippen MR) is 94.0 cm³/mol. The van der Waals surface area contributed by atoms with Gasteiger partial charge in [-0.1, -0.05) is 13.0 Å². The smallest absolute Gasteiger partial charge is 0.270 e. The van der Waals surface area contributed by atoms with Crippen LogP contribution in [0.2, 0.25) is 0 Å². The summed E-state index contributed by atoms with van der Waals surface area (Å²) in [5.74, 6) is -0.166. The molecule has 1 saturated heterocycles. The number of carbonyl (C=O) groups excluding carboxylic acids is 1. The normalized spacial score (nSPS) is 15.3. The van der Waals surface area contributed by atoms with Gasteiger partial charge in [-0.15, -0.1) is 0 Å². The third-order valence-electron chi connectivity index (χ3n) is 4.34. The molecule has 6 nitrogen and oxygen atoms in total. The van der Waals surface area contributed by atoms with Crippen molar-refractivity contribution in [1.82, 2.24) is 20.2 Å². The molecule has 1 amide bonds. The van der Waals surface area contributed by atoms with E-state index in [-0.39, 0.29) is 5.91 Å². The van der Waals surface area contributed by atoms with Crippen molar-refractivity contribution in [2.24, 2.45) is 0 Å². The molecule has 3 heterocycles. The third kappa shape index (κ3) is 4.08. The number of aromatic nitrogens is 2. The first-order valence-corrected chi connectivity index (χ1v) is 8.36. The van der Waals surface area contributed by atoms with Gasteiger partial charge in [-0.2, -0.15) is 0 Å². The van der Waals surface area contributed by atoms with E-state index in [1.807, 2.05) is 18.2 Å². The number of nitrogens with zero attached hydrogens (tertiary/aromatic N) is 4. The van der Waals surface area contributed by atoms with Crippen molar-refractivity contribution in [3.05, 3.63) is 54.1 Å². The lowest BCUT2D eigenvalue weighted by molar-refractivity contribution is 0.0946. The highest BCUT2D eigenvalue weighted by Crippen LogP contribution is 2.15. The minimum Gasteiger partial charge on any atom is -0.368 e. The van der Waals surface area contributed by atoms with Crippen LogP contribution in [-0.2, 0) is 6.54 Å². The minimum atomic E-state index is -0.166. The summed E-state index contributed by atoms with van der Waals surface area (Å²) in [6.07, 6.45) is 5.25. The lowest BCUT2D eigenvalue weighted by Gasteiger charge is -2.35. The number of amides is 1. The van der Waals surface area contributed by atoms with Crippen molar-refractivity contribution >= 4 is 11.6 Å². The molecule has 24 heavy (non-hydrogen) atoms. The van der Waals surface area contributed by atoms with Crippen LogP contribution in [0.3, 0.4) is 0 Å². The summed E-state index contributed by atoms with van der Waals surface area (Å²) in [6, 6.07) is 7.56. The summed E-state index contributed by atoms with van der Waals surface area (Å²) in [7, 11) is 0. The second-order valence-electron chi connectivity index (χ2n) is 5.87. The Morgan fingerprint density at radius 1 is 1.17 bits per heavy atom. The molecule has 0 aliphatic carbocycles. The van der Waals surface area contributed by atoms with Crippen molar-refractivity contribution in [1.29, 1.82) is 0 Å². The molecule has 0 saturated carbocycles. The number of carbonyl (C=O) groups is 1. The van der Waals surface area contributed by atoms with Gasteiger partial charge in [0.05, 0.1) is 11.9 Å². The summed E-state index contributed by atoms with van der Waals surface area (Å²) in [5, 5.41) is 2.87. The van der Waals surface area contributed by atoms with Gasteiger partial charge in [0.1, 0.15) is 5.69 Å². The average molecular weight is 325 g/mol. The van der Waals surface area contributed by atoms with E-state index in [2.05, 4.69) is 32.0 Å². The van der Waals surface area contributed by atoms with Crippen LogP contribution in [0.15, 0.2) is 42.9 Å². The molecule has 2 aromatic rings. The predicted octanol–water partition coefficient (Wildman–Crippen LogP) is 1.55. The number of anilines is 1.